The Hall–Kier alpha value is -0.380. The van der Waals surface area contributed by atoms with Gasteiger partial charge in [-0.15, -0.1) is 11.3 Å². The molecule has 0 atom stereocenters. The van der Waals surface area contributed by atoms with Gasteiger partial charge in [0, 0.05) is 18.5 Å². The zero-order chi connectivity index (χ0) is 7.94. The maximum atomic E-state index is 4.85. The third-order valence-corrected chi connectivity index (χ3v) is 2.31. The summed E-state index contributed by atoms with van der Waals surface area (Å²) in [7, 11) is 1.69. The Morgan fingerprint density at radius 1 is 1.64 bits per heavy atom. The third kappa shape index (κ3) is 3.51. The summed E-state index contributed by atoms with van der Waals surface area (Å²) in [4.78, 5) is 1.42. The number of ether oxygens (including phenoxy) is 1. The molecular weight excluding hydrogens is 158 g/mol. The molecule has 1 N–H and O–H groups in total. The first-order valence-electron chi connectivity index (χ1n) is 3.65. The molecule has 1 rings (SSSR count). The van der Waals surface area contributed by atoms with E-state index in [0.29, 0.717) is 6.73 Å². The van der Waals surface area contributed by atoms with Crippen molar-refractivity contribution in [3.63, 3.8) is 0 Å². The molecule has 1 aromatic heterocycles. The second kappa shape index (κ2) is 5.29. The first-order chi connectivity index (χ1) is 5.43. The molecule has 0 amide bonds. The topological polar surface area (TPSA) is 21.3 Å². The molecule has 1 heterocycles. The van der Waals surface area contributed by atoms with Crippen molar-refractivity contribution in [2.45, 2.75) is 6.42 Å². The molecule has 11 heavy (non-hydrogen) atoms. The number of rotatable bonds is 5. The normalized spacial score (nSPS) is 10.3. The Bertz CT molecular complexity index is 174. The lowest BCUT2D eigenvalue weighted by atomic mass is 10.3. The minimum atomic E-state index is 0.644. The number of hydrogen-bond acceptors (Lipinski definition) is 3. The van der Waals surface area contributed by atoms with Crippen LogP contribution in [0.5, 0.6) is 0 Å². The van der Waals surface area contributed by atoms with Gasteiger partial charge in [-0.2, -0.15) is 0 Å². The molecular formula is C8H13NOS. The van der Waals surface area contributed by atoms with Gasteiger partial charge in [-0.05, 0) is 17.9 Å². The van der Waals surface area contributed by atoms with Crippen molar-refractivity contribution < 1.29 is 4.74 Å². The van der Waals surface area contributed by atoms with Crippen LogP contribution in [0.2, 0.25) is 0 Å². The summed E-state index contributed by atoms with van der Waals surface area (Å²) >= 11 is 1.80. The molecule has 0 unspecified atom stereocenters. The number of nitrogens with one attached hydrogen (secondary N) is 1. The molecule has 0 saturated carbocycles. The zero-order valence-electron chi connectivity index (χ0n) is 6.67. The lowest BCUT2D eigenvalue weighted by molar-refractivity contribution is 0.176. The van der Waals surface area contributed by atoms with Gasteiger partial charge in [0.25, 0.3) is 0 Å². The Morgan fingerprint density at radius 2 is 2.55 bits per heavy atom. The molecule has 1 aromatic rings. The van der Waals surface area contributed by atoms with E-state index in [9.17, 15) is 0 Å². The Morgan fingerprint density at radius 3 is 3.18 bits per heavy atom. The van der Waals surface area contributed by atoms with Crippen LogP contribution in [0.4, 0.5) is 0 Å². The van der Waals surface area contributed by atoms with Crippen LogP contribution in [0.15, 0.2) is 17.5 Å². The molecule has 0 bridgehead atoms. The Labute approximate surface area is 71.2 Å². The standard InChI is InChI=1S/C8H13NOS/c1-10-7-9-5-4-8-3-2-6-11-8/h2-3,6,9H,4-5,7H2,1H3. The molecule has 0 radical (unpaired) electrons. The van der Waals surface area contributed by atoms with E-state index in [2.05, 4.69) is 22.8 Å². The van der Waals surface area contributed by atoms with Gasteiger partial charge in [-0.1, -0.05) is 6.07 Å². The van der Waals surface area contributed by atoms with Crippen LogP contribution in [0, 0.1) is 0 Å². The highest BCUT2D eigenvalue weighted by molar-refractivity contribution is 7.09. The average molecular weight is 171 g/mol. The lowest BCUT2D eigenvalue weighted by Gasteiger charge is -2.00. The summed E-state index contributed by atoms with van der Waals surface area (Å²) < 4.78 is 4.85. The minimum absolute atomic E-state index is 0.644. The maximum absolute atomic E-state index is 4.85. The van der Waals surface area contributed by atoms with Crippen LogP contribution in [-0.4, -0.2) is 20.4 Å². The average Bonchev–Trinajstić information content (AvgIpc) is 2.50. The van der Waals surface area contributed by atoms with Gasteiger partial charge in [0.2, 0.25) is 0 Å². The van der Waals surface area contributed by atoms with Crippen LogP contribution < -0.4 is 5.32 Å². The highest BCUT2D eigenvalue weighted by Gasteiger charge is 1.91. The fourth-order valence-electron chi connectivity index (χ4n) is 0.841. The van der Waals surface area contributed by atoms with E-state index >= 15 is 0 Å². The van der Waals surface area contributed by atoms with Gasteiger partial charge in [-0.25, -0.2) is 0 Å². The van der Waals surface area contributed by atoms with Crippen LogP contribution in [0.1, 0.15) is 4.88 Å². The van der Waals surface area contributed by atoms with Crippen molar-refractivity contribution in [3.8, 4) is 0 Å². The van der Waals surface area contributed by atoms with Crippen LogP contribution >= 0.6 is 11.3 Å². The first-order valence-corrected chi connectivity index (χ1v) is 4.53. The van der Waals surface area contributed by atoms with Crippen molar-refractivity contribution in [1.82, 2.24) is 5.32 Å². The van der Waals surface area contributed by atoms with Gasteiger partial charge in [0.05, 0.1) is 6.73 Å². The van der Waals surface area contributed by atoms with Gasteiger partial charge >= 0.3 is 0 Å². The van der Waals surface area contributed by atoms with E-state index in [1.807, 2.05) is 0 Å². The maximum Gasteiger partial charge on any atom is 0.0961 e. The SMILES string of the molecule is COCNCCc1cccs1. The highest BCUT2D eigenvalue weighted by atomic mass is 32.1. The Balaban J connectivity index is 2.04. The summed E-state index contributed by atoms with van der Waals surface area (Å²) in [5.41, 5.74) is 0. The smallest absolute Gasteiger partial charge is 0.0961 e. The first kappa shape index (κ1) is 8.71. The molecule has 0 spiro atoms. The van der Waals surface area contributed by atoms with Crippen LogP contribution in [0.25, 0.3) is 0 Å². The molecule has 0 fully saturated rings. The van der Waals surface area contributed by atoms with Crippen molar-refractivity contribution in [2.75, 3.05) is 20.4 Å². The fourth-order valence-corrected chi connectivity index (χ4v) is 1.55. The van der Waals surface area contributed by atoms with E-state index in [-0.39, 0.29) is 0 Å². The highest BCUT2D eigenvalue weighted by Crippen LogP contribution is 2.07. The van der Waals surface area contributed by atoms with Crippen molar-refractivity contribution in [2.24, 2.45) is 0 Å². The molecule has 0 aliphatic heterocycles. The number of hydrogen-bond donors (Lipinski definition) is 1. The van der Waals surface area contributed by atoms with E-state index < -0.39 is 0 Å². The zero-order valence-corrected chi connectivity index (χ0v) is 7.49. The van der Waals surface area contributed by atoms with E-state index in [0.717, 1.165) is 13.0 Å². The molecule has 0 saturated heterocycles. The number of thiophene rings is 1. The van der Waals surface area contributed by atoms with Gasteiger partial charge in [0.15, 0.2) is 0 Å². The summed E-state index contributed by atoms with van der Waals surface area (Å²) in [6.45, 7) is 1.64. The summed E-state index contributed by atoms with van der Waals surface area (Å²) in [6.07, 6.45) is 1.10. The van der Waals surface area contributed by atoms with Crippen LogP contribution in [-0.2, 0) is 11.2 Å². The van der Waals surface area contributed by atoms with Crippen molar-refractivity contribution in [3.05, 3.63) is 22.4 Å². The Kier molecular flexibility index (Phi) is 4.19. The van der Waals surface area contributed by atoms with Gasteiger partial charge < -0.3 is 4.74 Å². The van der Waals surface area contributed by atoms with Gasteiger partial charge in [0.1, 0.15) is 0 Å². The summed E-state index contributed by atoms with van der Waals surface area (Å²) in [5, 5.41) is 5.26. The number of methoxy groups -OCH3 is 1. The molecule has 62 valence electrons. The largest absolute Gasteiger partial charge is 0.370 e. The monoisotopic (exact) mass is 171 g/mol. The molecule has 0 aromatic carbocycles. The van der Waals surface area contributed by atoms with E-state index in [4.69, 9.17) is 4.74 Å². The second-order valence-electron chi connectivity index (χ2n) is 2.26. The molecule has 0 aliphatic carbocycles. The second-order valence-corrected chi connectivity index (χ2v) is 3.29. The van der Waals surface area contributed by atoms with Crippen LogP contribution in [0.3, 0.4) is 0 Å². The summed E-state index contributed by atoms with van der Waals surface area (Å²) in [6, 6.07) is 4.23. The van der Waals surface area contributed by atoms with E-state index in [1.54, 1.807) is 18.4 Å². The lowest BCUT2D eigenvalue weighted by Crippen LogP contribution is -2.19. The van der Waals surface area contributed by atoms with Crippen molar-refractivity contribution >= 4 is 11.3 Å². The predicted molar refractivity (Wildman–Crippen MR) is 47.9 cm³/mol. The van der Waals surface area contributed by atoms with E-state index in [1.165, 1.54) is 4.88 Å². The molecule has 3 heteroatoms. The van der Waals surface area contributed by atoms with Crippen molar-refractivity contribution in [1.29, 1.82) is 0 Å². The predicted octanol–water partition coefficient (Wildman–Crippen LogP) is 1.48. The third-order valence-electron chi connectivity index (χ3n) is 1.37. The molecule has 0 aliphatic rings. The quantitative estimate of drug-likeness (QED) is 0.535. The molecule has 2 nitrogen and oxygen atoms in total. The summed E-state index contributed by atoms with van der Waals surface area (Å²) in [5.74, 6) is 0. The fraction of sp³-hybridized carbons (Fsp3) is 0.500. The van der Waals surface area contributed by atoms with Gasteiger partial charge in [-0.3, -0.25) is 5.32 Å². The minimum Gasteiger partial charge on any atom is -0.370 e.